The molecule has 1 fully saturated rings. The molecule has 0 heterocycles. The summed E-state index contributed by atoms with van der Waals surface area (Å²) in [6.07, 6.45) is 3.99. The van der Waals surface area contributed by atoms with Gasteiger partial charge in [-0.15, -0.1) is 0 Å². The van der Waals surface area contributed by atoms with Crippen molar-refractivity contribution in [1.29, 1.82) is 0 Å². The van der Waals surface area contributed by atoms with E-state index in [0.29, 0.717) is 12.5 Å². The molecule has 1 aliphatic carbocycles. The van der Waals surface area contributed by atoms with E-state index in [1.807, 2.05) is 6.29 Å². The SMILES string of the molecule is CC(OC(=O)NCC1CCC([C]=O)CC1)OC(=O)C(C)C. The third-order valence-corrected chi connectivity index (χ3v) is 3.58. The Morgan fingerprint density at radius 2 is 1.76 bits per heavy atom. The molecule has 1 rings (SSSR count). The van der Waals surface area contributed by atoms with Crippen LogP contribution in [0.25, 0.3) is 0 Å². The van der Waals surface area contributed by atoms with Crippen LogP contribution in [0.2, 0.25) is 0 Å². The number of carbonyl (C=O) groups is 2. The van der Waals surface area contributed by atoms with E-state index >= 15 is 0 Å². The molecule has 0 saturated heterocycles. The van der Waals surface area contributed by atoms with Crippen molar-refractivity contribution in [1.82, 2.24) is 5.32 Å². The van der Waals surface area contributed by atoms with Gasteiger partial charge in [0.15, 0.2) is 0 Å². The first-order valence-electron chi connectivity index (χ1n) is 7.45. The fourth-order valence-electron chi connectivity index (χ4n) is 2.23. The van der Waals surface area contributed by atoms with Gasteiger partial charge in [-0.1, -0.05) is 13.8 Å². The number of amides is 1. The molecule has 1 aliphatic rings. The number of alkyl carbamates (subject to hydrolysis) is 1. The molecule has 0 spiro atoms. The van der Waals surface area contributed by atoms with Gasteiger partial charge in [0.25, 0.3) is 0 Å². The van der Waals surface area contributed by atoms with Gasteiger partial charge in [-0.05, 0) is 31.6 Å². The predicted molar refractivity (Wildman–Crippen MR) is 76.0 cm³/mol. The Kier molecular flexibility index (Phi) is 7.19. The summed E-state index contributed by atoms with van der Waals surface area (Å²) in [5.74, 6) is -0.262. The smallest absolute Gasteiger partial charge is 0.410 e. The third-order valence-electron chi connectivity index (χ3n) is 3.58. The number of esters is 1. The number of carbonyl (C=O) groups excluding carboxylic acids is 3. The molecule has 0 bridgehead atoms. The zero-order valence-electron chi connectivity index (χ0n) is 12.9. The summed E-state index contributed by atoms with van der Waals surface area (Å²) in [6, 6.07) is 0. The molecule has 6 heteroatoms. The zero-order valence-corrected chi connectivity index (χ0v) is 12.9. The van der Waals surface area contributed by atoms with Gasteiger partial charge < -0.3 is 14.8 Å². The van der Waals surface area contributed by atoms with E-state index in [4.69, 9.17) is 9.47 Å². The maximum Gasteiger partial charge on any atom is 0.410 e. The van der Waals surface area contributed by atoms with Gasteiger partial charge in [0, 0.05) is 19.4 Å². The fourth-order valence-corrected chi connectivity index (χ4v) is 2.23. The molecule has 119 valence electrons. The maximum atomic E-state index is 11.6. The Morgan fingerprint density at radius 1 is 1.14 bits per heavy atom. The minimum absolute atomic E-state index is 0.0451. The van der Waals surface area contributed by atoms with Crippen molar-refractivity contribution in [2.24, 2.45) is 17.8 Å². The van der Waals surface area contributed by atoms with Crippen molar-refractivity contribution in [2.45, 2.75) is 52.7 Å². The summed E-state index contributed by atoms with van der Waals surface area (Å²) in [7, 11) is 0. The van der Waals surface area contributed by atoms with Gasteiger partial charge in [-0.2, -0.15) is 0 Å². The summed E-state index contributed by atoms with van der Waals surface area (Å²) in [6.45, 7) is 5.44. The number of rotatable bonds is 6. The molecule has 6 nitrogen and oxygen atoms in total. The van der Waals surface area contributed by atoms with Gasteiger partial charge in [0.2, 0.25) is 12.6 Å². The van der Waals surface area contributed by atoms with E-state index in [-0.39, 0.29) is 11.8 Å². The quantitative estimate of drug-likeness (QED) is 0.600. The Labute approximate surface area is 125 Å². The molecule has 1 atom stereocenters. The van der Waals surface area contributed by atoms with Gasteiger partial charge in [-0.3, -0.25) is 9.59 Å². The second-order valence-corrected chi connectivity index (χ2v) is 5.78. The summed E-state index contributed by atoms with van der Waals surface area (Å²) in [5, 5.41) is 2.67. The lowest BCUT2D eigenvalue weighted by molar-refractivity contribution is -0.168. The lowest BCUT2D eigenvalue weighted by Crippen LogP contribution is -2.35. The van der Waals surface area contributed by atoms with Crippen molar-refractivity contribution in [3.05, 3.63) is 0 Å². The van der Waals surface area contributed by atoms with E-state index in [9.17, 15) is 14.4 Å². The predicted octanol–water partition coefficient (Wildman–Crippen LogP) is 2.17. The standard InChI is InChI=1S/C15H24NO5/c1-10(2)14(18)20-11(3)21-15(19)16-8-12-4-6-13(9-17)7-5-12/h10-13H,4-8H2,1-3H3,(H,16,19). The highest BCUT2D eigenvalue weighted by Crippen LogP contribution is 2.26. The minimum atomic E-state index is -0.903. The van der Waals surface area contributed by atoms with E-state index in [1.165, 1.54) is 6.92 Å². The first kappa shape index (κ1) is 17.5. The molecule has 21 heavy (non-hydrogen) atoms. The van der Waals surface area contributed by atoms with Crippen molar-refractivity contribution in [2.75, 3.05) is 6.54 Å². The minimum Gasteiger partial charge on any atom is -0.425 e. The largest absolute Gasteiger partial charge is 0.425 e. The fraction of sp³-hybridized carbons (Fsp3) is 0.800. The molecular weight excluding hydrogens is 274 g/mol. The molecule has 0 aromatic heterocycles. The topological polar surface area (TPSA) is 81.7 Å². The lowest BCUT2D eigenvalue weighted by Gasteiger charge is -2.25. The molecule has 0 aromatic carbocycles. The van der Waals surface area contributed by atoms with Crippen LogP contribution in [-0.4, -0.2) is 31.2 Å². The molecule has 1 N–H and O–H groups in total. The Morgan fingerprint density at radius 3 is 2.29 bits per heavy atom. The monoisotopic (exact) mass is 298 g/mol. The van der Waals surface area contributed by atoms with Crippen LogP contribution in [0.5, 0.6) is 0 Å². The van der Waals surface area contributed by atoms with Gasteiger partial charge in [0.05, 0.1) is 5.92 Å². The van der Waals surface area contributed by atoms with Crippen molar-refractivity contribution in [3.63, 3.8) is 0 Å². The van der Waals surface area contributed by atoms with Crippen molar-refractivity contribution in [3.8, 4) is 0 Å². The molecule has 0 aliphatic heterocycles. The average molecular weight is 298 g/mol. The summed E-state index contributed by atoms with van der Waals surface area (Å²) < 4.78 is 9.89. The highest BCUT2D eigenvalue weighted by molar-refractivity contribution is 5.72. The number of hydrogen-bond acceptors (Lipinski definition) is 5. The highest BCUT2D eigenvalue weighted by Gasteiger charge is 2.22. The summed E-state index contributed by atoms with van der Waals surface area (Å²) >= 11 is 0. The second-order valence-electron chi connectivity index (χ2n) is 5.78. The van der Waals surface area contributed by atoms with Crippen LogP contribution in [0.1, 0.15) is 46.5 Å². The average Bonchev–Trinajstić information content (AvgIpc) is 2.45. The van der Waals surface area contributed by atoms with E-state index < -0.39 is 18.4 Å². The molecule has 1 amide bonds. The van der Waals surface area contributed by atoms with Gasteiger partial charge in [0.1, 0.15) is 0 Å². The van der Waals surface area contributed by atoms with Crippen LogP contribution in [0.15, 0.2) is 0 Å². The summed E-state index contributed by atoms with van der Waals surface area (Å²) in [5.41, 5.74) is 0. The van der Waals surface area contributed by atoms with Crippen LogP contribution in [0.3, 0.4) is 0 Å². The van der Waals surface area contributed by atoms with E-state index in [0.717, 1.165) is 25.7 Å². The molecule has 0 aromatic rings. The Bertz CT molecular complexity index is 361. The molecule has 1 radical (unpaired) electrons. The van der Waals surface area contributed by atoms with Gasteiger partial charge >= 0.3 is 12.1 Å². The van der Waals surface area contributed by atoms with Crippen molar-refractivity contribution < 1.29 is 23.9 Å². The Hall–Kier alpha value is -1.59. The molecular formula is C15H24NO5. The van der Waals surface area contributed by atoms with Gasteiger partial charge in [-0.25, -0.2) is 4.79 Å². The van der Waals surface area contributed by atoms with Crippen LogP contribution in [-0.2, 0) is 19.1 Å². The van der Waals surface area contributed by atoms with Crippen LogP contribution >= 0.6 is 0 Å². The Balaban J connectivity index is 2.19. The number of hydrogen-bond donors (Lipinski definition) is 1. The highest BCUT2D eigenvalue weighted by atomic mass is 16.7. The second kappa shape index (κ2) is 8.64. The number of nitrogens with one attached hydrogen (secondary N) is 1. The maximum absolute atomic E-state index is 11.6. The van der Waals surface area contributed by atoms with Crippen LogP contribution in [0.4, 0.5) is 4.79 Å². The zero-order chi connectivity index (χ0) is 15.8. The van der Waals surface area contributed by atoms with Crippen LogP contribution < -0.4 is 5.32 Å². The lowest BCUT2D eigenvalue weighted by atomic mass is 9.83. The van der Waals surface area contributed by atoms with Crippen LogP contribution in [0, 0.1) is 17.8 Å². The molecule has 1 unspecified atom stereocenters. The first-order chi connectivity index (χ1) is 9.92. The normalized spacial score (nSPS) is 23.2. The first-order valence-corrected chi connectivity index (χ1v) is 7.45. The molecule has 1 saturated carbocycles. The number of ether oxygens (including phenoxy) is 2. The summed E-state index contributed by atoms with van der Waals surface area (Å²) in [4.78, 5) is 33.4. The van der Waals surface area contributed by atoms with Crippen molar-refractivity contribution >= 4 is 18.3 Å². The van der Waals surface area contributed by atoms with E-state index in [2.05, 4.69) is 5.32 Å². The van der Waals surface area contributed by atoms with E-state index in [1.54, 1.807) is 13.8 Å². The third kappa shape index (κ3) is 6.60.